The topological polar surface area (TPSA) is 21.3 Å². The molecule has 0 amide bonds. The lowest BCUT2D eigenvalue weighted by Crippen LogP contribution is -2.24. The van der Waals surface area contributed by atoms with Crippen molar-refractivity contribution in [2.24, 2.45) is 0 Å². The first-order valence-electron chi connectivity index (χ1n) is 7.87. The lowest BCUT2D eigenvalue weighted by atomic mass is 9.87. The van der Waals surface area contributed by atoms with Crippen molar-refractivity contribution in [1.82, 2.24) is 5.32 Å². The van der Waals surface area contributed by atoms with Gasteiger partial charge in [-0.25, -0.2) is 0 Å². The molecule has 1 unspecified atom stereocenters. The molecular formula is C18H23NOS. The van der Waals surface area contributed by atoms with Gasteiger partial charge in [0.2, 0.25) is 0 Å². The molecule has 1 aliphatic rings. The van der Waals surface area contributed by atoms with Gasteiger partial charge in [0.05, 0.1) is 6.61 Å². The number of hydrogen-bond donors (Lipinski definition) is 1. The average molecular weight is 301 g/mol. The van der Waals surface area contributed by atoms with Gasteiger partial charge in [-0.05, 0) is 71.5 Å². The summed E-state index contributed by atoms with van der Waals surface area (Å²) in [5, 5.41) is 7.90. The summed E-state index contributed by atoms with van der Waals surface area (Å²) >= 11 is 1.75. The quantitative estimate of drug-likeness (QED) is 0.856. The maximum absolute atomic E-state index is 5.95. The SMILES string of the molecule is CCNC1CCCc2ccc(OCCc3ccsc3)cc21. The van der Waals surface area contributed by atoms with Gasteiger partial charge in [0, 0.05) is 12.5 Å². The van der Waals surface area contributed by atoms with Crippen molar-refractivity contribution >= 4 is 11.3 Å². The lowest BCUT2D eigenvalue weighted by Gasteiger charge is -2.26. The Morgan fingerprint density at radius 2 is 2.29 bits per heavy atom. The van der Waals surface area contributed by atoms with E-state index < -0.39 is 0 Å². The minimum absolute atomic E-state index is 0.499. The van der Waals surface area contributed by atoms with E-state index >= 15 is 0 Å². The van der Waals surface area contributed by atoms with Crippen molar-refractivity contribution in [3.63, 3.8) is 0 Å². The smallest absolute Gasteiger partial charge is 0.119 e. The molecule has 2 nitrogen and oxygen atoms in total. The van der Waals surface area contributed by atoms with E-state index in [1.165, 1.54) is 36.0 Å². The Balaban J connectivity index is 1.65. The maximum atomic E-state index is 5.95. The van der Waals surface area contributed by atoms with Crippen molar-refractivity contribution < 1.29 is 4.74 Å². The second kappa shape index (κ2) is 7.10. The predicted octanol–water partition coefficient (Wildman–Crippen LogP) is 4.36. The first kappa shape index (κ1) is 14.6. The fourth-order valence-electron chi connectivity index (χ4n) is 3.05. The first-order valence-corrected chi connectivity index (χ1v) is 8.81. The number of ether oxygens (including phenoxy) is 1. The molecule has 1 N–H and O–H groups in total. The molecule has 21 heavy (non-hydrogen) atoms. The molecule has 0 radical (unpaired) electrons. The number of nitrogens with one attached hydrogen (secondary N) is 1. The average Bonchev–Trinajstić information content (AvgIpc) is 3.01. The fraction of sp³-hybridized carbons (Fsp3) is 0.444. The molecule has 0 saturated carbocycles. The van der Waals surface area contributed by atoms with Crippen molar-refractivity contribution in [2.75, 3.05) is 13.2 Å². The minimum atomic E-state index is 0.499. The fourth-order valence-corrected chi connectivity index (χ4v) is 3.75. The van der Waals surface area contributed by atoms with Gasteiger partial charge in [0.1, 0.15) is 5.75 Å². The highest BCUT2D eigenvalue weighted by Crippen LogP contribution is 2.32. The van der Waals surface area contributed by atoms with Gasteiger partial charge >= 0.3 is 0 Å². The Morgan fingerprint density at radius 3 is 3.10 bits per heavy atom. The number of benzene rings is 1. The zero-order valence-electron chi connectivity index (χ0n) is 12.6. The normalized spacial score (nSPS) is 17.5. The summed E-state index contributed by atoms with van der Waals surface area (Å²) in [6, 6.07) is 9.29. The third-order valence-electron chi connectivity index (χ3n) is 4.12. The van der Waals surface area contributed by atoms with Crippen LogP contribution in [0.2, 0.25) is 0 Å². The van der Waals surface area contributed by atoms with E-state index in [0.717, 1.165) is 25.3 Å². The van der Waals surface area contributed by atoms with E-state index in [-0.39, 0.29) is 0 Å². The molecular weight excluding hydrogens is 278 g/mol. The van der Waals surface area contributed by atoms with Crippen LogP contribution in [0.25, 0.3) is 0 Å². The summed E-state index contributed by atoms with van der Waals surface area (Å²) in [7, 11) is 0. The molecule has 0 spiro atoms. The zero-order chi connectivity index (χ0) is 14.5. The van der Waals surface area contributed by atoms with Crippen molar-refractivity contribution in [2.45, 2.75) is 38.6 Å². The highest BCUT2D eigenvalue weighted by molar-refractivity contribution is 7.07. The molecule has 3 rings (SSSR count). The second-order valence-corrected chi connectivity index (χ2v) is 6.37. The molecule has 112 valence electrons. The first-order chi connectivity index (χ1) is 10.4. The van der Waals surface area contributed by atoms with Crippen LogP contribution in [0.1, 0.15) is 42.5 Å². The molecule has 1 aromatic heterocycles. The maximum Gasteiger partial charge on any atom is 0.119 e. The molecule has 0 saturated heterocycles. The van der Waals surface area contributed by atoms with E-state index in [1.807, 2.05) is 0 Å². The Morgan fingerprint density at radius 1 is 1.33 bits per heavy atom. The molecule has 0 bridgehead atoms. The number of aryl methyl sites for hydroxylation is 1. The van der Waals surface area contributed by atoms with E-state index in [0.29, 0.717) is 6.04 Å². The van der Waals surface area contributed by atoms with Crippen LogP contribution in [-0.4, -0.2) is 13.2 Å². The minimum Gasteiger partial charge on any atom is -0.493 e. The molecule has 3 heteroatoms. The van der Waals surface area contributed by atoms with Crippen LogP contribution in [0, 0.1) is 0 Å². The second-order valence-electron chi connectivity index (χ2n) is 5.59. The molecule has 1 aromatic carbocycles. The summed E-state index contributed by atoms with van der Waals surface area (Å²) in [5.41, 5.74) is 4.29. The van der Waals surface area contributed by atoms with Gasteiger partial charge < -0.3 is 10.1 Å². The number of hydrogen-bond acceptors (Lipinski definition) is 3. The van der Waals surface area contributed by atoms with E-state index in [1.54, 1.807) is 11.3 Å². The Bertz CT molecular complexity index is 565. The summed E-state index contributed by atoms with van der Waals surface area (Å²) in [4.78, 5) is 0. The van der Waals surface area contributed by atoms with E-state index in [4.69, 9.17) is 4.74 Å². The largest absolute Gasteiger partial charge is 0.493 e. The van der Waals surface area contributed by atoms with Crippen LogP contribution in [0.15, 0.2) is 35.0 Å². The molecule has 1 heterocycles. The van der Waals surface area contributed by atoms with Crippen LogP contribution in [0.4, 0.5) is 0 Å². The molecule has 0 fully saturated rings. The standard InChI is InChI=1S/C18H23NOS/c1-2-19-18-5-3-4-15-6-7-16(12-17(15)18)20-10-8-14-9-11-21-13-14/h6-7,9,11-13,18-19H,2-5,8,10H2,1H3. The molecule has 1 aliphatic carbocycles. The van der Waals surface area contributed by atoms with Crippen LogP contribution < -0.4 is 10.1 Å². The Kier molecular flexibility index (Phi) is 4.94. The third kappa shape index (κ3) is 3.66. The Hall–Kier alpha value is -1.32. The van der Waals surface area contributed by atoms with Gasteiger partial charge in [-0.15, -0.1) is 0 Å². The van der Waals surface area contributed by atoms with Gasteiger partial charge in [-0.3, -0.25) is 0 Å². The highest BCUT2D eigenvalue weighted by atomic mass is 32.1. The molecule has 1 atom stereocenters. The number of fused-ring (bicyclic) bond motifs is 1. The van der Waals surface area contributed by atoms with Gasteiger partial charge in [-0.2, -0.15) is 11.3 Å². The van der Waals surface area contributed by atoms with Crippen molar-refractivity contribution in [3.8, 4) is 5.75 Å². The summed E-state index contributed by atoms with van der Waals surface area (Å²) in [6.07, 6.45) is 4.70. The van der Waals surface area contributed by atoms with Crippen molar-refractivity contribution in [1.29, 1.82) is 0 Å². The number of thiophene rings is 1. The van der Waals surface area contributed by atoms with Crippen LogP contribution in [-0.2, 0) is 12.8 Å². The van der Waals surface area contributed by atoms with Gasteiger partial charge in [0.25, 0.3) is 0 Å². The summed E-state index contributed by atoms with van der Waals surface area (Å²) in [6.45, 7) is 3.95. The van der Waals surface area contributed by atoms with E-state index in [2.05, 4.69) is 47.3 Å². The lowest BCUT2D eigenvalue weighted by molar-refractivity contribution is 0.320. The molecule has 2 aromatic rings. The highest BCUT2D eigenvalue weighted by Gasteiger charge is 2.19. The van der Waals surface area contributed by atoms with Crippen LogP contribution in [0.5, 0.6) is 5.75 Å². The number of rotatable bonds is 6. The summed E-state index contributed by atoms with van der Waals surface area (Å²) in [5.74, 6) is 1.01. The van der Waals surface area contributed by atoms with E-state index in [9.17, 15) is 0 Å². The molecule has 0 aliphatic heterocycles. The third-order valence-corrected chi connectivity index (χ3v) is 4.85. The van der Waals surface area contributed by atoms with Crippen LogP contribution >= 0.6 is 11.3 Å². The Labute approximate surface area is 131 Å². The van der Waals surface area contributed by atoms with Crippen molar-refractivity contribution in [3.05, 3.63) is 51.7 Å². The zero-order valence-corrected chi connectivity index (χ0v) is 13.4. The summed E-state index contributed by atoms with van der Waals surface area (Å²) < 4.78 is 5.95. The van der Waals surface area contributed by atoms with Gasteiger partial charge in [0.15, 0.2) is 0 Å². The van der Waals surface area contributed by atoms with Gasteiger partial charge in [-0.1, -0.05) is 13.0 Å². The monoisotopic (exact) mass is 301 g/mol. The van der Waals surface area contributed by atoms with Crippen LogP contribution in [0.3, 0.4) is 0 Å². The predicted molar refractivity (Wildman–Crippen MR) is 89.3 cm³/mol.